The van der Waals surface area contributed by atoms with Crippen molar-refractivity contribution in [2.75, 3.05) is 0 Å². The number of alkyl halides is 1. The SMILES string of the molecule is CC(C)(C)CCC1CCc2ccccc2C1Br. The first-order chi connectivity index (χ1) is 7.97. The predicted molar refractivity (Wildman–Crippen MR) is 78.6 cm³/mol. The van der Waals surface area contributed by atoms with Crippen molar-refractivity contribution in [3.63, 3.8) is 0 Å². The summed E-state index contributed by atoms with van der Waals surface area (Å²) >= 11 is 3.92. The molecule has 1 aromatic rings. The van der Waals surface area contributed by atoms with Crippen LogP contribution >= 0.6 is 15.9 Å². The lowest BCUT2D eigenvalue weighted by molar-refractivity contribution is 0.305. The van der Waals surface area contributed by atoms with Crippen LogP contribution in [0.15, 0.2) is 24.3 Å². The van der Waals surface area contributed by atoms with Crippen LogP contribution in [0.4, 0.5) is 0 Å². The highest BCUT2D eigenvalue weighted by atomic mass is 79.9. The van der Waals surface area contributed by atoms with E-state index in [0.29, 0.717) is 10.2 Å². The van der Waals surface area contributed by atoms with Gasteiger partial charge in [0.25, 0.3) is 0 Å². The number of benzene rings is 1. The van der Waals surface area contributed by atoms with Crippen LogP contribution in [0.25, 0.3) is 0 Å². The third kappa shape index (κ3) is 3.34. The van der Waals surface area contributed by atoms with E-state index in [-0.39, 0.29) is 0 Å². The summed E-state index contributed by atoms with van der Waals surface area (Å²) in [7, 11) is 0. The Kier molecular flexibility index (Phi) is 3.97. The Bertz CT molecular complexity index is 375. The van der Waals surface area contributed by atoms with Crippen molar-refractivity contribution in [2.24, 2.45) is 11.3 Å². The summed E-state index contributed by atoms with van der Waals surface area (Å²) in [6.45, 7) is 7.02. The smallest absolute Gasteiger partial charge is 0.0426 e. The van der Waals surface area contributed by atoms with Gasteiger partial charge in [-0.2, -0.15) is 0 Å². The summed E-state index contributed by atoms with van der Waals surface area (Å²) in [5.74, 6) is 0.809. The zero-order valence-corrected chi connectivity index (χ0v) is 12.8. The molecule has 1 aromatic carbocycles. The maximum Gasteiger partial charge on any atom is 0.0426 e. The van der Waals surface area contributed by atoms with Crippen molar-refractivity contribution in [1.29, 1.82) is 0 Å². The van der Waals surface area contributed by atoms with E-state index in [9.17, 15) is 0 Å². The van der Waals surface area contributed by atoms with Crippen LogP contribution in [0, 0.1) is 11.3 Å². The van der Waals surface area contributed by atoms with E-state index in [2.05, 4.69) is 61.0 Å². The summed E-state index contributed by atoms with van der Waals surface area (Å²) in [5.41, 5.74) is 3.53. The minimum Gasteiger partial charge on any atom is -0.0836 e. The van der Waals surface area contributed by atoms with Crippen molar-refractivity contribution >= 4 is 15.9 Å². The lowest BCUT2D eigenvalue weighted by Crippen LogP contribution is -2.18. The minimum atomic E-state index is 0.462. The molecule has 1 aliphatic carbocycles. The molecule has 0 nitrogen and oxygen atoms in total. The van der Waals surface area contributed by atoms with Gasteiger partial charge < -0.3 is 0 Å². The largest absolute Gasteiger partial charge is 0.0836 e. The van der Waals surface area contributed by atoms with Gasteiger partial charge in [-0.05, 0) is 48.1 Å². The number of halogens is 1. The van der Waals surface area contributed by atoms with Gasteiger partial charge in [-0.15, -0.1) is 0 Å². The van der Waals surface area contributed by atoms with E-state index < -0.39 is 0 Å². The van der Waals surface area contributed by atoms with E-state index in [1.165, 1.54) is 31.2 Å². The summed E-state index contributed by atoms with van der Waals surface area (Å²) in [5, 5.41) is 0. The first-order valence-corrected chi connectivity index (χ1v) is 7.61. The molecule has 0 fully saturated rings. The third-order valence-electron chi connectivity index (χ3n) is 3.82. The predicted octanol–water partition coefficient (Wildman–Crippen LogP) is 5.51. The molecule has 0 radical (unpaired) electrons. The Hall–Kier alpha value is -0.300. The number of fused-ring (bicyclic) bond motifs is 1. The van der Waals surface area contributed by atoms with Crippen molar-refractivity contribution < 1.29 is 0 Å². The molecular weight excluding hydrogens is 272 g/mol. The molecule has 2 atom stereocenters. The van der Waals surface area contributed by atoms with Crippen LogP contribution in [0.1, 0.15) is 56.0 Å². The fourth-order valence-electron chi connectivity index (χ4n) is 2.68. The van der Waals surface area contributed by atoms with Crippen LogP contribution in [0.5, 0.6) is 0 Å². The fourth-order valence-corrected chi connectivity index (χ4v) is 3.66. The molecule has 2 rings (SSSR count). The van der Waals surface area contributed by atoms with Gasteiger partial charge in [0.05, 0.1) is 0 Å². The van der Waals surface area contributed by atoms with Crippen LogP contribution < -0.4 is 0 Å². The number of aryl methyl sites for hydroxylation is 1. The van der Waals surface area contributed by atoms with Gasteiger partial charge in [-0.1, -0.05) is 61.0 Å². The molecular formula is C16H23Br. The van der Waals surface area contributed by atoms with Crippen molar-refractivity contribution in [1.82, 2.24) is 0 Å². The molecule has 0 amide bonds. The zero-order chi connectivity index (χ0) is 12.5. The van der Waals surface area contributed by atoms with Gasteiger partial charge >= 0.3 is 0 Å². The number of hydrogen-bond donors (Lipinski definition) is 0. The van der Waals surface area contributed by atoms with Crippen LogP contribution in [0.2, 0.25) is 0 Å². The van der Waals surface area contributed by atoms with Gasteiger partial charge in [0.15, 0.2) is 0 Å². The zero-order valence-electron chi connectivity index (χ0n) is 11.2. The molecule has 1 aliphatic rings. The highest BCUT2D eigenvalue weighted by Gasteiger charge is 2.28. The summed E-state index contributed by atoms with van der Waals surface area (Å²) in [4.78, 5) is 0.565. The normalized spacial score (nSPS) is 24.5. The maximum absolute atomic E-state index is 3.92. The Labute approximate surface area is 114 Å². The number of rotatable bonds is 2. The molecule has 0 spiro atoms. The Morgan fingerprint density at radius 3 is 2.65 bits per heavy atom. The van der Waals surface area contributed by atoms with E-state index in [4.69, 9.17) is 0 Å². The van der Waals surface area contributed by atoms with E-state index >= 15 is 0 Å². The summed E-state index contributed by atoms with van der Waals surface area (Å²) in [6, 6.07) is 8.90. The minimum absolute atomic E-state index is 0.462. The molecule has 0 N–H and O–H groups in total. The Morgan fingerprint density at radius 1 is 1.24 bits per heavy atom. The third-order valence-corrected chi connectivity index (χ3v) is 5.06. The van der Waals surface area contributed by atoms with Gasteiger partial charge in [-0.25, -0.2) is 0 Å². The highest BCUT2D eigenvalue weighted by molar-refractivity contribution is 9.09. The van der Waals surface area contributed by atoms with Gasteiger partial charge in [-0.3, -0.25) is 0 Å². The van der Waals surface area contributed by atoms with Gasteiger partial charge in [0.1, 0.15) is 0 Å². The van der Waals surface area contributed by atoms with E-state index in [1.807, 2.05) is 0 Å². The Morgan fingerprint density at radius 2 is 1.94 bits per heavy atom. The van der Waals surface area contributed by atoms with E-state index in [0.717, 1.165) is 5.92 Å². The molecule has 2 unspecified atom stereocenters. The molecule has 1 heteroatoms. The average Bonchev–Trinajstić information content (AvgIpc) is 2.27. The molecule has 0 saturated heterocycles. The molecule has 0 aromatic heterocycles. The monoisotopic (exact) mass is 294 g/mol. The quantitative estimate of drug-likeness (QED) is 0.631. The highest BCUT2D eigenvalue weighted by Crippen LogP contribution is 2.43. The molecule has 0 aliphatic heterocycles. The fraction of sp³-hybridized carbons (Fsp3) is 0.625. The lowest BCUT2D eigenvalue weighted by atomic mass is 9.78. The Balaban J connectivity index is 2.05. The van der Waals surface area contributed by atoms with Crippen LogP contribution in [-0.4, -0.2) is 0 Å². The average molecular weight is 295 g/mol. The van der Waals surface area contributed by atoms with Crippen molar-refractivity contribution in [2.45, 2.75) is 51.3 Å². The molecule has 0 saturated carbocycles. The first-order valence-electron chi connectivity index (χ1n) is 6.69. The second-order valence-corrected chi connectivity index (χ2v) is 7.49. The molecule has 94 valence electrons. The topological polar surface area (TPSA) is 0 Å². The van der Waals surface area contributed by atoms with Gasteiger partial charge in [0.2, 0.25) is 0 Å². The molecule has 17 heavy (non-hydrogen) atoms. The van der Waals surface area contributed by atoms with Crippen molar-refractivity contribution in [3.05, 3.63) is 35.4 Å². The summed E-state index contributed by atoms with van der Waals surface area (Å²) in [6.07, 6.45) is 5.26. The number of hydrogen-bond acceptors (Lipinski definition) is 0. The van der Waals surface area contributed by atoms with E-state index in [1.54, 1.807) is 5.56 Å². The van der Waals surface area contributed by atoms with Crippen LogP contribution in [0.3, 0.4) is 0 Å². The first kappa shape index (κ1) is 13.1. The lowest BCUT2D eigenvalue weighted by Gasteiger charge is -2.32. The molecule has 0 bridgehead atoms. The maximum atomic E-state index is 3.92. The second kappa shape index (κ2) is 5.14. The second-order valence-electron chi connectivity index (χ2n) is 6.50. The summed E-state index contributed by atoms with van der Waals surface area (Å²) < 4.78 is 0. The standard InChI is InChI=1S/C16H23Br/c1-16(2,3)11-10-13-9-8-12-6-4-5-7-14(12)15(13)17/h4-7,13,15H,8-11H2,1-3H3. The molecule has 0 heterocycles. The van der Waals surface area contributed by atoms with Crippen molar-refractivity contribution in [3.8, 4) is 0 Å². The van der Waals surface area contributed by atoms with Gasteiger partial charge in [0, 0.05) is 4.83 Å². The van der Waals surface area contributed by atoms with Crippen LogP contribution in [-0.2, 0) is 6.42 Å².